The Balaban J connectivity index is 2.12. The first-order valence-electron chi connectivity index (χ1n) is 7.79. The Kier molecular flexibility index (Phi) is 5.03. The Morgan fingerprint density at radius 1 is 1.35 bits per heavy atom. The zero-order valence-corrected chi connectivity index (χ0v) is 12.7. The second-order valence-corrected chi connectivity index (χ2v) is 6.38. The largest absolute Gasteiger partial charge is 0.371 e. The molecule has 1 aromatic carbocycles. The molecule has 112 valence electrons. The summed E-state index contributed by atoms with van der Waals surface area (Å²) in [7, 11) is 0. The van der Waals surface area contributed by atoms with Gasteiger partial charge < -0.3 is 10.6 Å². The lowest BCUT2D eigenvalue weighted by Crippen LogP contribution is -2.45. The lowest BCUT2D eigenvalue weighted by molar-refractivity contribution is 0.169. The number of halogens is 1. The van der Waals surface area contributed by atoms with Crippen molar-refractivity contribution in [3.05, 3.63) is 30.1 Å². The first kappa shape index (κ1) is 15.3. The Labute approximate surface area is 122 Å². The normalized spacial score (nSPS) is 26.5. The molecule has 1 aliphatic rings. The monoisotopic (exact) mass is 278 g/mol. The summed E-state index contributed by atoms with van der Waals surface area (Å²) in [5.41, 5.74) is 7.27. The van der Waals surface area contributed by atoms with Gasteiger partial charge in [0.05, 0.1) is 0 Å². The summed E-state index contributed by atoms with van der Waals surface area (Å²) >= 11 is 0. The SMILES string of the molecule is CCN(CC1(CN)CCC(C)CC1)c1cccc(F)c1. The van der Waals surface area contributed by atoms with Crippen molar-refractivity contribution in [3.63, 3.8) is 0 Å². The quantitative estimate of drug-likeness (QED) is 0.887. The fourth-order valence-corrected chi connectivity index (χ4v) is 3.26. The molecule has 0 radical (unpaired) electrons. The summed E-state index contributed by atoms with van der Waals surface area (Å²) in [6.45, 7) is 7.01. The third-order valence-electron chi connectivity index (χ3n) is 4.85. The molecule has 0 spiro atoms. The van der Waals surface area contributed by atoms with E-state index in [1.54, 1.807) is 12.1 Å². The van der Waals surface area contributed by atoms with E-state index in [1.165, 1.54) is 31.7 Å². The second kappa shape index (κ2) is 6.57. The molecule has 3 heteroatoms. The van der Waals surface area contributed by atoms with E-state index < -0.39 is 0 Å². The zero-order valence-electron chi connectivity index (χ0n) is 12.7. The molecule has 0 atom stereocenters. The topological polar surface area (TPSA) is 29.3 Å². The van der Waals surface area contributed by atoms with E-state index in [0.29, 0.717) is 0 Å². The van der Waals surface area contributed by atoms with Gasteiger partial charge in [-0.3, -0.25) is 0 Å². The van der Waals surface area contributed by atoms with Crippen LogP contribution in [0, 0.1) is 17.2 Å². The molecule has 2 nitrogen and oxygen atoms in total. The van der Waals surface area contributed by atoms with Crippen molar-refractivity contribution in [2.45, 2.75) is 39.5 Å². The van der Waals surface area contributed by atoms with Crippen molar-refractivity contribution in [2.75, 3.05) is 24.5 Å². The third kappa shape index (κ3) is 3.51. The minimum atomic E-state index is -0.167. The van der Waals surface area contributed by atoms with Crippen LogP contribution in [0.4, 0.5) is 10.1 Å². The van der Waals surface area contributed by atoms with E-state index >= 15 is 0 Å². The zero-order chi connectivity index (χ0) is 14.6. The van der Waals surface area contributed by atoms with Gasteiger partial charge in [0.25, 0.3) is 0 Å². The summed E-state index contributed by atoms with van der Waals surface area (Å²) in [6, 6.07) is 6.89. The minimum absolute atomic E-state index is 0.167. The van der Waals surface area contributed by atoms with Crippen molar-refractivity contribution < 1.29 is 4.39 Å². The standard InChI is InChI=1S/C17H27FN2/c1-3-20(16-6-4-5-15(18)11-16)13-17(12-19)9-7-14(2)8-10-17/h4-6,11,14H,3,7-10,12-13,19H2,1-2H3. The lowest BCUT2D eigenvalue weighted by Gasteiger charge is -2.42. The van der Waals surface area contributed by atoms with Crippen molar-refractivity contribution in [3.8, 4) is 0 Å². The van der Waals surface area contributed by atoms with Crippen molar-refractivity contribution in [1.29, 1.82) is 0 Å². The Morgan fingerprint density at radius 3 is 2.60 bits per heavy atom. The molecule has 1 saturated carbocycles. The van der Waals surface area contributed by atoms with Gasteiger partial charge in [-0.15, -0.1) is 0 Å². The van der Waals surface area contributed by atoms with Crippen LogP contribution in [0.1, 0.15) is 39.5 Å². The molecule has 0 unspecified atom stereocenters. The molecule has 20 heavy (non-hydrogen) atoms. The predicted molar refractivity (Wildman–Crippen MR) is 83.4 cm³/mol. The van der Waals surface area contributed by atoms with Gasteiger partial charge in [-0.2, -0.15) is 0 Å². The van der Waals surface area contributed by atoms with Crippen LogP contribution in [-0.4, -0.2) is 19.6 Å². The van der Waals surface area contributed by atoms with Crippen molar-refractivity contribution in [2.24, 2.45) is 17.1 Å². The maximum atomic E-state index is 13.4. The molecular weight excluding hydrogens is 251 g/mol. The van der Waals surface area contributed by atoms with Gasteiger partial charge in [0.15, 0.2) is 0 Å². The van der Waals surface area contributed by atoms with E-state index in [2.05, 4.69) is 18.7 Å². The van der Waals surface area contributed by atoms with Gasteiger partial charge in [0.1, 0.15) is 5.82 Å². The summed E-state index contributed by atoms with van der Waals surface area (Å²) in [6.07, 6.45) is 4.91. The molecule has 0 aliphatic heterocycles. The van der Waals surface area contributed by atoms with E-state index in [4.69, 9.17) is 5.73 Å². The molecule has 2 N–H and O–H groups in total. The van der Waals surface area contributed by atoms with Crippen LogP contribution in [0.2, 0.25) is 0 Å². The van der Waals surface area contributed by atoms with Gasteiger partial charge >= 0.3 is 0 Å². The third-order valence-corrected chi connectivity index (χ3v) is 4.85. The van der Waals surface area contributed by atoms with Crippen LogP contribution < -0.4 is 10.6 Å². The van der Waals surface area contributed by atoms with E-state index in [9.17, 15) is 4.39 Å². The molecule has 0 aromatic heterocycles. The van der Waals surface area contributed by atoms with Gasteiger partial charge in [-0.05, 0) is 50.4 Å². The lowest BCUT2D eigenvalue weighted by atomic mass is 9.70. The summed E-state index contributed by atoms with van der Waals surface area (Å²) in [5.74, 6) is 0.652. The molecule has 1 aromatic rings. The number of rotatable bonds is 5. The molecule has 0 heterocycles. The molecular formula is C17H27FN2. The van der Waals surface area contributed by atoms with Crippen LogP contribution in [0.3, 0.4) is 0 Å². The van der Waals surface area contributed by atoms with Crippen molar-refractivity contribution >= 4 is 5.69 Å². The highest BCUT2D eigenvalue weighted by atomic mass is 19.1. The highest BCUT2D eigenvalue weighted by Gasteiger charge is 2.34. The maximum absolute atomic E-state index is 13.4. The Hall–Kier alpha value is -1.09. The van der Waals surface area contributed by atoms with E-state index in [0.717, 1.165) is 31.2 Å². The van der Waals surface area contributed by atoms with Crippen LogP contribution in [0.5, 0.6) is 0 Å². The molecule has 0 amide bonds. The number of nitrogens with two attached hydrogens (primary N) is 1. The van der Waals surface area contributed by atoms with Crippen LogP contribution in [0.25, 0.3) is 0 Å². The number of hydrogen-bond acceptors (Lipinski definition) is 2. The van der Waals surface area contributed by atoms with Crippen LogP contribution in [0.15, 0.2) is 24.3 Å². The van der Waals surface area contributed by atoms with Gasteiger partial charge in [-0.25, -0.2) is 4.39 Å². The highest BCUT2D eigenvalue weighted by molar-refractivity contribution is 5.46. The molecule has 1 aliphatic carbocycles. The second-order valence-electron chi connectivity index (χ2n) is 6.38. The summed E-state index contributed by atoms with van der Waals surface area (Å²) in [5, 5.41) is 0. The smallest absolute Gasteiger partial charge is 0.125 e. The van der Waals surface area contributed by atoms with Gasteiger partial charge in [0.2, 0.25) is 0 Å². The average molecular weight is 278 g/mol. The molecule has 1 fully saturated rings. The Morgan fingerprint density at radius 2 is 2.05 bits per heavy atom. The highest BCUT2D eigenvalue weighted by Crippen LogP contribution is 2.39. The van der Waals surface area contributed by atoms with Crippen LogP contribution in [-0.2, 0) is 0 Å². The fraction of sp³-hybridized carbons (Fsp3) is 0.647. The first-order chi connectivity index (χ1) is 9.58. The summed E-state index contributed by atoms with van der Waals surface area (Å²) < 4.78 is 13.4. The van der Waals surface area contributed by atoms with Gasteiger partial charge in [-0.1, -0.05) is 25.8 Å². The van der Waals surface area contributed by atoms with E-state index in [-0.39, 0.29) is 11.2 Å². The van der Waals surface area contributed by atoms with E-state index in [1.807, 2.05) is 6.07 Å². The molecule has 2 rings (SSSR count). The minimum Gasteiger partial charge on any atom is -0.371 e. The first-order valence-corrected chi connectivity index (χ1v) is 7.79. The summed E-state index contributed by atoms with van der Waals surface area (Å²) in [4.78, 5) is 2.27. The van der Waals surface area contributed by atoms with Crippen molar-refractivity contribution in [1.82, 2.24) is 0 Å². The number of nitrogens with zero attached hydrogens (tertiary/aromatic N) is 1. The number of anilines is 1. The fourth-order valence-electron chi connectivity index (χ4n) is 3.26. The van der Waals surface area contributed by atoms with Crippen LogP contribution >= 0.6 is 0 Å². The number of benzene rings is 1. The number of hydrogen-bond donors (Lipinski definition) is 1. The average Bonchev–Trinajstić information content (AvgIpc) is 2.47. The predicted octanol–water partition coefficient (Wildman–Crippen LogP) is 3.81. The Bertz CT molecular complexity index is 425. The van der Waals surface area contributed by atoms with Gasteiger partial charge in [0, 0.05) is 24.2 Å². The maximum Gasteiger partial charge on any atom is 0.125 e. The molecule has 0 bridgehead atoms. The molecule has 0 saturated heterocycles.